The molecule has 0 spiro atoms. The maximum atomic E-state index is 12.3. The molecule has 5 saturated carbocycles. The molecule has 0 unspecified atom stereocenters. The monoisotopic (exact) mass is 375 g/mol. The van der Waals surface area contributed by atoms with Gasteiger partial charge in [0.1, 0.15) is 0 Å². The Morgan fingerprint density at radius 1 is 0.852 bits per heavy atom. The zero-order valence-corrected chi connectivity index (χ0v) is 16.7. The number of hydrogen-bond donors (Lipinski definition) is 3. The van der Waals surface area contributed by atoms with Crippen LogP contribution in [0.15, 0.2) is 0 Å². The highest BCUT2D eigenvalue weighted by molar-refractivity contribution is 5.76. The first-order valence-corrected chi connectivity index (χ1v) is 11.4. The van der Waals surface area contributed by atoms with Gasteiger partial charge in [0.05, 0.1) is 0 Å². The first-order valence-electron chi connectivity index (χ1n) is 11.4. The van der Waals surface area contributed by atoms with Crippen LogP contribution in [0.3, 0.4) is 0 Å². The van der Waals surface area contributed by atoms with Gasteiger partial charge in [-0.05, 0) is 81.0 Å². The maximum absolute atomic E-state index is 12.3. The van der Waals surface area contributed by atoms with E-state index >= 15 is 0 Å². The van der Waals surface area contributed by atoms with Gasteiger partial charge in [-0.1, -0.05) is 19.3 Å². The summed E-state index contributed by atoms with van der Waals surface area (Å²) in [7, 11) is 0. The first-order chi connectivity index (χ1) is 13.1. The van der Waals surface area contributed by atoms with Crippen molar-refractivity contribution in [1.29, 1.82) is 0 Å². The zero-order valence-electron chi connectivity index (χ0n) is 16.7. The number of amides is 3. The van der Waals surface area contributed by atoms with Crippen molar-refractivity contribution in [1.82, 2.24) is 16.0 Å². The Hall–Kier alpha value is -1.26. The molecule has 5 heteroatoms. The fourth-order valence-electron chi connectivity index (χ4n) is 6.82. The fraction of sp³-hybridized carbons (Fsp3) is 0.909. The van der Waals surface area contributed by atoms with Crippen molar-refractivity contribution < 1.29 is 9.59 Å². The van der Waals surface area contributed by atoms with E-state index in [0.29, 0.717) is 30.8 Å². The molecule has 0 radical (unpaired) electrons. The molecule has 152 valence electrons. The number of carbonyl (C=O) groups excluding carboxylic acids is 2. The summed E-state index contributed by atoms with van der Waals surface area (Å²) in [5.41, 5.74) is 0.405. The summed E-state index contributed by atoms with van der Waals surface area (Å²) in [5, 5.41) is 9.19. The summed E-state index contributed by atoms with van der Waals surface area (Å²) in [6.07, 6.45) is 15.5. The van der Waals surface area contributed by atoms with Crippen LogP contribution in [0.5, 0.6) is 0 Å². The number of carbonyl (C=O) groups is 2. The Morgan fingerprint density at radius 2 is 1.48 bits per heavy atom. The second kappa shape index (κ2) is 8.40. The smallest absolute Gasteiger partial charge is 0.315 e. The van der Waals surface area contributed by atoms with Crippen molar-refractivity contribution in [3.05, 3.63) is 0 Å². The third-order valence-electron chi connectivity index (χ3n) is 7.63. The van der Waals surface area contributed by atoms with E-state index in [9.17, 15) is 9.59 Å². The minimum absolute atomic E-state index is 0.0733. The average molecular weight is 376 g/mol. The van der Waals surface area contributed by atoms with Gasteiger partial charge in [0.25, 0.3) is 0 Å². The van der Waals surface area contributed by atoms with Gasteiger partial charge in [-0.25, -0.2) is 4.79 Å². The van der Waals surface area contributed by atoms with Crippen LogP contribution < -0.4 is 16.0 Å². The SMILES string of the molecule is O=C(CCCNC(=O)NC1CCCCC1)NCC12CC3CC(CC(C3)C1)C2. The third kappa shape index (κ3) is 4.97. The fourth-order valence-corrected chi connectivity index (χ4v) is 6.82. The lowest BCUT2D eigenvalue weighted by molar-refractivity contribution is -0.123. The molecule has 0 aromatic carbocycles. The quantitative estimate of drug-likeness (QED) is 0.593. The molecule has 0 aromatic heterocycles. The van der Waals surface area contributed by atoms with Crippen LogP contribution in [0.25, 0.3) is 0 Å². The summed E-state index contributed by atoms with van der Waals surface area (Å²) in [4.78, 5) is 24.2. The molecule has 27 heavy (non-hydrogen) atoms. The number of rotatable bonds is 7. The van der Waals surface area contributed by atoms with Gasteiger partial charge in [0, 0.05) is 25.6 Å². The summed E-state index contributed by atoms with van der Waals surface area (Å²) in [5.74, 6) is 2.94. The molecule has 5 aliphatic carbocycles. The van der Waals surface area contributed by atoms with Crippen LogP contribution in [0.4, 0.5) is 4.79 Å². The van der Waals surface area contributed by atoms with E-state index in [4.69, 9.17) is 0 Å². The highest BCUT2D eigenvalue weighted by atomic mass is 16.2. The van der Waals surface area contributed by atoms with Crippen molar-refractivity contribution in [3.8, 4) is 0 Å². The van der Waals surface area contributed by atoms with Crippen LogP contribution in [-0.2, 0) is 4.79 Å². The molecule has 4 bridgehead atoms. The minimum atomic E-state index is -0.0733. The van der Waals surface area contributed by atoms with Gasteiger partial charge in [-0.15, -0.1) is 0 Å². The Labute approximate surface area is 163 Å². The van der Waals surface area contributed by atoms with Gasteiger partial charge < -0.3 is 16.0 Å². The molecule has 0 saturated heterocycles. The van der Waals surface area contributed by atoms with E-state index in [1.165, 1.54) is 57.8 Å². The lowest BCUT2D eigenvalue weighted by Gasteiger charge is -2.56. The van der Waals surface area contributed by atoms with Crippen LogP contribution >= 0.6 is 0 Å². The van der Waals surface area contributed by atoms with Crippen LogP contribution in [0.2, 0.25) is 0 Å². The number of urea groups is 1. The van der Waals surface area contributed by atoms with Crippen LogP contribution in [-0.4, -0.2) is 31.1 Å². The Bertz CT molecular complexity index is 506. The third-order valence-corrected chi connectivity index (χ3v) is 7.63. The van der Waals surface area contributed by atoms with E-state index in [-0.39, 0.29) is 11.9 Å². The van der Waals surface area contributed by atoms with Gasteiger partial charge in [-0.3, -0.25) is 4.79 Å². The molecule has 0 atom stereocenters. The van der Waals surface area contributed by atoms with Gasteiger partial charge in [0.2, 0.25) is 5.91 Å². The van der Waals surface area contributed by atoms with E-state index in [2.05, 4.69) is 16.0 Å². The molecule has 5 fully saturated rings. The molecule has 3 amide bonds. The molecular weight excluding hydrogens is 338 g/mol. The van der Waals surface area contributed by atoms with Crippen molar-refractivity contribution in [2.24, 2.45) is 23.2 Å². The highest BCUT2D eigenvalue weighted by Crippen LogP contribution is 2.59. The second-order valence-electron chi connectivity index (χ2n) is 10.0. The van der Waals surface area contributed by atoms with Crippen molar-refractivity contribution in [2.45, 2.75) is 89.5 Å². The predicted octanol–water partition coefficient (Wildman–Crippen LogP) is 3.73. The van der Waals surface area contributed by atoms with Crippen molar-refractivity contribution in [3.63, 3.8) is 0 Å². The second-order valence-corrected chi connectivity index (χ2v) is 10.0. The molecule has 0 aliphatic heterocycles. The lowest BCUT2D eigenvalue weighted by Crippen LogP contribution is -2.51. The maximum Gasteiger partial charge on any atom is 0.315 e. The summed E-state index contributed by atoms with van der Waals surface area (Å²) in [6.45, 7) is 1.45. The highest BCUT2D eigenvalue weighted by Gasteiger charge is 2.50. The molecular formula is C22H37N3O2. The van der Waals surface area contributed by atoms with E-state index in [1.807, 2.05) is 0 Å². The lowest BCUT2D eigenvalue weighted by atomic mass is 9.49. The van der Waals surface area contributed by atoms with E-state index in [1.54, 1.807) is 0 Å². The number of hydrogen-bond acceptors (Lipinski definition) is 2. The van der Waals surface area contributed by atoms with Gasteiger partial charge >= 0.3 is 6.03 Å². The standard InChI is InChI=1S/C22H37N3O2/c26-20(7-4-8-23-21(27)25-19-5-2-1-3-6-19)24-15-22-12-16-9-17(13-22)11-18(10-16)14-22/h16-19H,1-15H2,(H,24,26)(H2,23,25,27). The zero-order chi connectivity index (χ0) is 18.7. The van der Waals surface area contributed by atoms with E-state index in [0.717, 1.165) is 37.1 Å². The average Bonchev–Trinajstić information content (AvgIpc) is 2.63. The molecule has 5 aliphatic rings. The van der Waals surface area contributed by atoms with E-state index < -0.39 is 0 Å². The van der Waals surface area contributed by atoms with Gasteiger partial charge in [-0.2, -0.15) is 0 Å². The summed E-state index contributed by atoms with van der Waals surface area (Å²) in [6, 6.07) is 0.262. The molecule has 0 aromatic rings. The van der Waals surface area contributed by atoms with Crippen molar-refractivity contribution in [2.75, 3.05) is 13.1 Å². The first kappa shape index (κ1) is 19.1. The molecule has 5 nitrogen and oxygen atoms in total. The largest absolute Gasteiger partial charge is 0.356 e. The topological polar surface area (TPSA) is 70.2 Å². The van der Waals surface area contributed by atoms with Crippen LogP contribution in [0, 0.1) is 23.2 Å². The molecule has 5 rings (SSSR count). The minimum Gasteiger partial charge on any atom is -0.356 e. The Kier molecular flexibility index (Phi) is 5.93. The van der Waals surface area contributed by atoms with Crippen LogP contribution in [0.1, 0.15) is 83.5 Å². The normalized spacial score (nSPS) is 35.0. The van der Waals surface area contributed by atoms with Crippen molar-refractivity contribution >= 4 is 11.9 Å². The molecule has 0 heterocycles. The summed E-state index contributed by atoms with van der Waals surface area (Å²) < 4.78 is 0. The Morgan fingerprint density at radius 3 is 2.11 bits per heavy atom. The predicted molar refractivity (Wildman–Crippen MR) is 106 cm³/mol. The molecule has 3 N–H and O–H groups in total. The Balaban J connectivity index is 1.09. The van der Waals surface area contributed by atoms with Gasteiger partial charge in [0.15, 0.2) is 0 Å². The summed E-state index contributed by atoms with van der Waals surface area (Å²) >= 11 is 0. The number of nitrogens with one attached hydrogen (secondary N) is 3.